The molecule has 0 radical (unpaired) electrons. The Morgan fingerprint density at radius 2 is 2.21 bits per heavy atom. The fourth-order valence-corrected chi connectivity index (χ4v) is 0.858. The zero-order chi connectivity index (χ0) is 10.4. The number of nitrogens with one attached hydrogen (secondary N) is 1. The summed E-state index contributed by atoms with van der Waals surface area (Å²) in [6.07, 6.45) is 0.218. The van der Waals surface area contributed by atoms with Crippen molar-refractivity contribution in [1.82, 2.24) is 15.3 Å². The van der Waals surface area contributed by atoms with Crippen molar-refractivity contribution >= 4 is 0 Å². The van der Waals surface area contributed by atoms with Gasteiger partial charge in [0.05, 0.1) is 5.69 Å². The molecule has 0 aliphatic carbocycles. The Labute approximate surface area is 80.0 Å². The normalized spacial score (nSPS) is 13.1. The average Bonchev–Trinajstić information content (AvgIpc) is 2.19. The first kappa shape index (κ1) is 10.9. The summed E-state index contributed by atoms with van der Waals surface area (Å²) in [7, 11) is 0. The summed E-state index contributed by atoms with van der Waals surface area (Å²) >= 11 is 0. The summed E-state index contributed by atoms with van der Waals surface area (Å²) in [5.41, 5.74) is 0.647. The summed E-state index contributed by atoms with van der Waals surface area (Å²) in [6.45, 7) is 0.159. The van der Waals surface area contributed by atoms with E-state index in [4.69, 9.17) is 5.11 Å². The second-order valence-electron chi connectivity index (χ2n) is 2.73. The molecular formula is C8H11F2N3O. The lowest BCUT2D eigenvalue weighted by molar-refractivity contribution is -0.00344. The third-order valence-corrected chi connectivity index (χ3v) is 1.57. The van der Waals surface area contributed by atoms with Gasteiger partial charge >= 0.3 is 0 Å². The summed E-state index contributed by atoms with van der Waals surface area (Å²) in [5.74, 6) is 0. The highest BCUT2D eigenvalue weighted by Crippen LogP contribution is 1.98. The van der Waals surface area contributed by atoms with Crippen LogP contribution in [0.5, 0.6) is 0 Å². The lowest BCUT2D eigenvalue weighted by Gasteiger charge is -2.09. The summed E-state index contributed by atoms with van der Waals surface area (Å²) < 4.78 is 23.7. The van der Waals surface area contributed by atoms with Gasteiger partial charge in [0.15, 0.2) is 0 Å². The number of aliphatic hydroxyl groups is 1. The quantitative estimate of drug-likeness (QED) is 0.717. The van der Waals surface area contributed by atoms with Crippen molar-refractivity contribution in [3.05, 3.63) is 24.3 Å². The van der Waals surface area contributed by atoms with E-state index in [1.165, 1.54) is 18.6 Å². The Morgan fingerprint density at radius 3 is 2.79 bits per heavy atom. The first-order valence-corrected chi connectivity index (χ1v) is 4.12. The van der Waals surface area contributed by atoms with Crippen molar-refractivity contribution in [3.63, 3.8) is 0 Å². The van der Waals surface area contributed by atoms with Crippen molar-refractivity contribution in [2.45, 2.75) is 19.1 Å². The van der Waals surface area contributed by atoms with E-state index >= 15 is 0 Å². The molecule has 0 aliphatic heterocycles. The van der Waals surface area contributed by atoms with Crippen LogP contribution in [-0.4, -0.2) is 34.1 Å². The minimum atomic E-state index is -2.72. The molecule has 2 N–H and O–H groups in total. The number of aliphatic hydroxyl groups excluding tert-OH is 1. The molecule has 1 aromatic heterocycles. The SMILES string of the molecule is OC(CNCc1cnccn1)C(F)F. The maximum atomic E-state index is 11.8. The van der Waals surface area contributed by atoms with Crippen LogP contribution in [0.25, 0.3) is 0 Å². The molecule has 4 nitrogen and oxygen atoms in total. The Bertz CT molecular complexity index is 258. The molecule has 0 aliphatic rings. The largest absolute Gasteiger partial charge is 0.386 e. The molecular weight excluding hydrogens is 192 g/mol. The summed E-state index contributed by atoms with van der Waals surface area (Å²) in [6, 6.07) is 0. The van der Waals surface area contributed by atoms with E-state index in [1.807, 2.05) is 0 Å². The second-order valence-corrected chi connectivity index (χ2v) is 2.73. The molecule has 14 heavy (non-hydrogen) atoms. The van der Waals surface area contributed by atoms with Gasteiger partial charge in [-0.25, -0.2) is 8.78 Å². The first-order valence-electron chi connectivity index (χ1n) is 4.12. The van der Waals surface area contributed by atoms with Crippen LogP contribution in [-0.2, 0) is 6.54 Å². The van der Waals surface area contributed by atoms with Gasteiger partial charge in [-0.05, 0) is 0 Å². The Morgan fingerprint density at radius 1 is 1.43 bits per heavy atom. The van der Waals surface area contributed by atoms with Gasteiger partial charge in [0.1, 0.15) is 6.10 Å². The topological polar surface area (TPSA) is 58.0 Å². The highest BCUT2D eigenvalue weighted by atomic mass is 19.3. The van der Waals surface area contributed by atoms with E-state index < -0.39 is 12.5 Å². The van der Waals surface area contributed by atoms with Crippen molar-refractivity contribution < 1.29 is 13.9 Å². The van der Waals surface area contributed by atoms with Crippen LogP contribution in [0.2, 0.25) is 0 Å². The fraction of sp³-hybridized carbons (Fsp3) is 0.500. The van der Waals surface area contributed by atoms with Crippen LogP contribution in [0.1, 0.15) is 5.69 Å². The van der Waals surface area contributed by atoms with Crippen molar-refractivity contribution in [2.24, 2.45) is 0 Å². The van der Waals surface area contributed by atoms with Crippen LogP contribution in [0.15, 0.2) is 18.6 Å². The highest BCUT2D eigenvalue weighted by molar-refractivity contribution is 4.93. The second kappa shape index (κ2) is 5.56. The molecule has 78 valence electrons. The van der Waals surface area contributed by atoms with Crippen molar-refractivity contribution in [1.29, 1.82) is 0 Å². The molecule has 6 heteroatoms. The minimum absolute atomic E-state index is 0.158. The van der Waals surface area contributed by atoms with E-state index in [9.17, 15) is 8.78 Å². The van der Waals surface area contributed by atoms with Gasteiger partial charge in [-0.2, -0.15) is 0 Å². The molecule has 0 bridgehead atoms. The van der Waals surface area contributed by atoms with Gasteiger partial charge in [0.2, 0.25) is 0 Å². The van der Waals surface area contributed by atoms with E-state index in [1.54, 1.807) is 0 Å². The van der Waals surface area contributed by atoms with E-state index in [0.717, 1.165) is 0 Å². The third-order valence-electron chi connectivity index (χ3n) is 1.57. The van der Waals surface area contributed by atoms with Crippen LogP contribution < -0.4 is 5.32 Å². The number of aromatic nitrogens is 2. The number of hydrogen-bond donors (Lipinski definition) is 2. The predicted octanol–water partition coefficient (Wildman–Crippen LogP) is 0.192. The van der Waals surface area contributed by atoms with E-state index in [0.29, 0.717) is 12.2 Å². The Kier molecular flexibility index (Phi) is 4.34. The molecule has 0 spiro atoms. The van der Waals surface area contributed by atoms with Crippen molar-refractivity contribution in [3.8, 4) is 0 Å². The number of alkyl halides is 2. The van der Waals surface area contributed by atoms with Gasteiger partial charge in [0.25, 0.3) is 6.43 Å². The van der Waals surface area contributed by atoms with Crippen LogP contribution in [0.4, 0.5) is 8.78 Å². The number of halogens is 2. The molecule has 1 heterocycles. The van der Waals surface area contributed by atoms with Gasteiger partial charge < -0.3 is 10.4 Å². The lowest BCUT2D eigenvalue weighted by Crippen LogP contribution is -2.31. The smallest absolute Gasteiger partial charge is 0.265 e. The molecule has 1 aromatic rings. The number of hydrogen-bond acceptors (Lipinski definition) is 4. The summed E-state index contributed by atoms with van der Waals surface area (Å²) in [5, 5.41) is 11.4. The number of nitrogens with zero attached hydrogens (tertiary/aromatic N) is 2. The number of rotatable bonds is 5. The van der Waals surface area contributed by atoms with Gasteiger partial charge in [-0.3, -0.25) is 9.97 Å². The third kappa shape index (κ3) is 3.71. The van der Waals surface area contributed by atoms with E-state index in [2.05, 4.69) is 15.3 Å². The summed E-state index contributed by atoms with van der Waals surface area (Å²) in [4.78, 5) is 7.73. The molecule has 0 fully saturated rings. The van der Waals surface area contributed by atoms with Crippen LogP contribution >= 0.6 is 0 Å². The zero-order valence-electron chi connectivity index (χ0n) is 7.40. The Balaban J connectivity index is 2.22. The molecule has 1 rings (SSSR count). The molecule has 1 unspecified atom stereocenters. The Hall–Kier alpha value is -1.14. The molecule has 0 saturated heterocycles. The van der Waals surface area contributed by atoms with Crippen LogP contribution in [0.3, 0.4) is 0 Å². The zero-order valence-corrected chi connectivity index (χ0v) is 7.40. The van der Waals surface area contributed by atoms with Crippen LogP contribution in [0, 0.1) is 0 Å². The first-order chi connectivity index (χ1) is 6.70. The maximum Gasteiger partial charge on any atom is 0.265 e. The molecule has 0 saturated carbocycles. The van der Waals surface area contributed by atoms with Gasteiger partial charge in [-0.1, -0.05) is 0 Å². The molecule has 1 atom stereocenters. The minimum Gasteiger partial charge on any atom is -0.386 e. The average molecular weight is 203 g/mol. The molecule has 0 aromatic carbocycles. The standard InChI is InChI=1S/C8H11F2N3O/c9-8(10)7(14)5-12-4-6-3-11-1-2-13-6/h1-3,7-8,12,14H,4-5H2. The predicted molar refractivity (Wildman–Crippen MR) is 45.7 cm³/mol. The lowest BCUT2D eigenvalue weighted by atomic mass is 10.3. The van der Waals surface area contributed by atoms with Crippen molar-refractivity contribution in [2.75, 3.05) is 6.54 Å². The fourth-order valence-electron chi connectivity index (χ4n) is 0.858. The van der Waals surface area contributed by atoms with Gasteiger partial charge in [0, 0.05) is 31.7 Å². The van der Waals surface area contributed by atoms with E-state index in [-0.39, 0.29) is 6.54 Å². The maximum absolute atomic E-state index is 11.8. The molecule has 0 amide bonds. The van der Waals surface area contributed by atoms with Gasteiger partial charge in [-0.15, -0.1) is 0 Å². The highest BCUT2D eigenvalue weighted by Gasteiger charge is 2.15. The monoisotopic (exact) mass is 203 g/mol.